The van der Waals surface area contributed by atoms with Crippen molar-refractivity contribution in [1.82, 2.24) is 0 Å². The van der Waals surface area contributed by atoms with Crippen molar-refractivity contribution in [3.05, 3.63) is 29.8 Å². The molecule has 1 aromatic rings. The number of aliphatic hydroxyl groups is 1. The number of benzene rings is 1. The van der Waals surface area contributed by atoms with Crippen LogP contribution in [0.3, 0.4) is 0 Å². The van der Waals surface area contributed by atoms with Gasteiger partial charge in [0.25, 0.3) is 0 Å². The first kappa shape index (κ1) is 14.4. The second-order valence-electron chi connectivity index (χ2n) is 5.50. The summed E-state index contributed by atoms with van der Waals surface area (Å²) in [6.07, 6.45) is 4.49. The van der Waals surface area contributed by atoms with Crippen LogP contribution in [0.1, 0.15) is 44.3 Å². The van der Waals surface area contributed by atoms with E-state index in [2.05, 4.69) is 6.92 Å². The maximum atomic E-state index is 10.1. The van der Waals surface area contributed by atoms with E-state index in [0.717, 1.165) is 30.1 Å². The van der Waals surface area contributed by atoms with Crippen molar-refractivity contribution in [1.29, 1.82) is 0 Å². The zero-order valence-electron chi connectivity index (χ0n) is 11.8. The third kappa shape index (κ3) is 4.22. The molecule has 0 aliphatic heterocycles. The summed E-state index contributed by atoms with van der Waals surface area (Å²) >= 11 is 0. The van der Waals surface area contributed by atoms with Gasteiger partial charge in [-0.15, -0.1) is 0 Å². The van der Waals surface area contributed by atoms with Crippen LogP contribution < -0.4 is 4.74 Å². The molecule has 3 nitrogen and oxygen atoms in total. The lowest BCUT2D eigenvalue weighted by Gasteiger charge is -2.27. The van der Waals surface area contributed by atoms with Crippen LogP contribution in [-0.4, -0.2) is 24.9 Å². The molecule has 1 atom stereocenters. The summed E-state index contributed by atoms with van der Waals surface area (Å²) < 4.78 is 10.9. The van der Waals surface area contributed by atoms with Crippen LogP contribution in [0.2, 0.25) is 0 Å². The largest absolute Gasteiger partial charge is 0.497 e. The lowest BCUT2D eigenvalue weighted by atomic mass is 9.89. The molecule has 0 heterocycles. The van der Waals surface area contributed by atoms with Crippen molar-refractivity contribution in [2.75, 3.05) is 13.7 Å². The Hall–Kier alpha value is -1.06. The molecule has 1 aromatic carbocycles. The minimum Gasteiger partial charge on any atom is -0.497 e. The number of hydrogen-bond donors (Lipinski definition) is 1. The molecule has 19 heavy (non-hydrogen) atoms. The summed E-state index contributed by atoms with van der Waals surface area (Å²) in [5.74, 6) is 1.63. The SMILES string of the molecule is COc1ccc(C(O)COC2CCC(C)CC2)cc1. The predicted octanol–water partition coefficient (Wildman–Crippen LogP) is 3.32. The van der Waals surface area contributed by atoms with Crippen molar-refractivity contribution < 1.29 is 14.6 Å². The van der Waals surface area contributed by atoms with E-state index in [1.165, 1.54) is 12.8 Å². The zero-order chi connectivity index (χ0) is 13.7. The zero-order valence-corrected chi connectivity index (χ0v) is 11.8. The van der Waals surface area contributed by atoms with Gasteiger partial charge >= 0.3 is 0 Å². The molecule has 1 aliphatic rings. The lowest BCUT2D eigenvalue weighted by molar-refractivity contribution is -0.0294. The van der Waals surface area contributed by atoms with Gasteiger partial charge in [-0.1, -0.05) is 19.1 Å². The molecule has 0 saturated heterocycles. The lowest BCUT2D eigenvalue weighted by Crippen LogP contribution is -2.22. The Labute approximate surface area is 115 Å². The molecule has 1 fully saturated rings. The highest BCUT2D eigenvalue weighted by molar-refractivity contribution is 5.28. The highest BCUT2D eigenvalue weighted by Crippen LogP contribution is 2.26. The van der Waals surface area contributed by atoms with Crippen molar-refractivity contribution >= 4 is 0 Å². The topological polar surface area (TPSA) is 38.7 Å². The average Bonchev–Trinajstić information content (AvgIpc) is 2.46. The van der Waals surface area contributed by atoms with Gasteiger partial charge in [-0.25, -0.2) is 0 Å². The molecule has 2 rings (SSSR count). The van der Waals surface area contributed by atoms with Gasteiger partial charge in [0.1, 0.15) is 11.9 Å². The van der Waals surface area contributed by atoms with Crippen molar-refractivity contribution in [3.63, 3.8) is 0 Å². The maximum absolute atomic E-state index is 10.1. The number of methoxy groups -OCH3 is 1. The van der Waals surface area contributed by atoms with E-state index in [0.29, 0.717) is 12.7 Å². The minimum absolute atomic E-state index is 0.323. The summed E-state index contributed by atoms with van der Waals surface area (Å²) in [5, 5.41) is 10.1. The van der Waals surface area contributed by atoms with E-state index < -0.39 is 6.10 Å². The molecule has 1 aliphatic carbocycles. The summed E-state index contributed by atoms with van der Waals surface area (Å²) in [6, 6.07) is 7.49. The standard InChI is InChI=1S/C16H24O3/c1-12-3-7-15(8-4-12)19-11-16(17)13-5-9-14(18-2)10-6-13/h5-6,9-10,12,15-17H,3-4,7-8,11H2,1-2H3. The first-order chi connectivity index (χ1) is 9.19. The van der Waals surface area contributed by atoms with Crippen LogP contribution in [0.25, 0.3) is 0 Å². The molecule has 0 bridgehead atoms. The van der Waals surface area contributed by atoms with Crippen LogP contribution in [0, 0.1) is 5.92 Å². The Morgan fingerprint density at radius 3 is 2.37 bits per heavy atom. The molecule has 3 heteroatoms. The van der Waals surface area contributed by atoms with Crippen LogP contribution in [-0.2, 0) is 4.74 Å². The third-order valence-corrected chi connectivity index (χ3v) is 3.95. The molecular weight excluding hydrogens is 240 g/mol. The molecule has 0 amide bonds. The van der Waals surface area contributed by atoms with E-state index >= 15 is 0 Å². The first-order valence-corrected chi connectivity index (χ1v) is 7.12. The van der Waals surface area contributed by atoms with Crippen LogP contribution in [0.15, 0.2) is 24.3 Å². The third-order valence-electron chi connectivity index (χ3n) is 3.95. The van der Waals surface area contributed by atoms with Gasteiger partial charge in [0.05, 0.1) is 19.8 Å². The van der Waals surface area contributed by atoms with E-state index in [-0.39, 0.29) is 0 Å². The number of rotatable bonds is 5. The molecule has 1 saturated carbocycles. The smallest absolute Gasteiger partial charge is 0.118 e. The quantitative estimate of drug-likeness (QED) is 0.886. The van der Waals surface area contributed by atoms with Crippen molar-refractivity contribution in [2.24, 2.45) is 5.92 Å². The van der Waals surface area contributed by atoms with Gasteiger partial charge in [-0.05, 0) is 49.3 Å². The van der Waals surface area contributed by atoms with Crippen LogP contribution in [0.4, 0.5) is 0 Å². The second-order valence-corrected chi connectivity index (χ2v) is 5.50. The molecule has 0 radical (unpaired) electrons. The molecule has 0 aromatic heterocycles. The number of ether oxygens (including phenoxy) is 2. The van der Waals surface area contributed by atoms with E-state index in [1.54, 1.807) is 7.11 Å². The fraction of sp³-hybridized carbons (Fsp3) is 0.625. The molecule has 1 N–H and O–H groups in total. The summed E-state index contributed by atoms with van der Waals surface area (Å²) in [7, 11) is 1.64. The fourth-order valence-corrected chi connectivity index (χ4v) is 2.55. The Balaban J connectivity index is 1.78. The van der Waals surface area contributed by atoms with Crippen LogP contribution in [0.5, 0.6) is 5.75 Å². The summed E-state index contributed by atoms with van der Waals surface area (Å²) in [6.45, 7) is 2.67. The fourth-order valence-electron chi connectivity index (χ4n) is 2.55. The molecule has 1 unspecified atom stereocenters. The normalized spacial score (nSPS) is 25.0. The Morgan fingerprint density at radius 1 is 1.16 bits per heavy atom. The van der Waals surface area contributed by atoms with E-state index in [1.807, 2.05) is 24.3 Å². The van der Waals surface area contributed by atoms with Crippen LogP contribution >= 0.6 is 0 Å². The van der Waals surface area contributed by atoms with Gasteiger partial charge in [0.15, 0.2) is 0 Å². The van der Waals surface area contributed by atoms with Crippen molar-refractivity contribution in [2.45, 2.75) is 44.8 Å². The van der Waals surface area contributed by atoms with Gasteiger partial charge in [0.2, 0.25) is 0 Å². The number of hydrogen-bond acceptors (Lipinski definition) is 3. The van der Waals surface area contributed by atoms with Gasteiger partial charge in [0, 0.05) is 0 Å². The number of aliphatic hydroxyl groups excluding tert-OH is 1. The first-order valence-electron chi connectivity index (χ1n) is 7.12. The van der Waals surface area contributed by atoms with Gasteiger partial charge < -0.3 is 14.6 Å². The highest BCUT2D eigenvalue weighted by Gasteiger charge is 2.19. The van der Waals surface area contributed by atoms with Gasteiger partial charge in [-0.3, -0.25) is 0 Å². The Bertz CT molecular complexity index is 366. The second kappa shape index (κ2) is 6.92. The minimum atomic E-state index is -0.551. The molecule has 106 valence electrons. The monoisotopic (exact) mass is 264 g/mol. The Kier molecular flexibility index (Phi) is 5.23. The molecular formula is C16H24O3. The van der Waals surface area contributed by atoms with Gasteiger partial charge in [-0.2, -0.15) is 0 Å². The Morgan fingerprint density at radius 2 is 1.79 bits per heavy atom. The van der Waals surface area contributed by atoms with Crippen molar-refractivity contribution in [3.8, 4) is 5.75 Å². The molecule has 0 spiro atoms. The summed E-state index contributed by atoms with van der Waals surface area (Å²) in [5.41, 5.74) is 0.880. The average molecular weight is 264 g/mol. The maximum Gasteiger partial charge on any atom is 0.118 e. The van der Waals surface area contributed by atoms with E-state index in [9.17, 15) is 5.11 Å². The predicted molar refractivity (Wildman–Crippen MR) is 75.3 cm³/mol. The summed E-state index contributed by atoms with van der Waals surface area (Å²) in [4.78, 5) is 0. The van der Waals surface area contributed by atoms with E-state index in [4.69, 9.17) is 9.47 Å². The highest BCUT2D eigenvalue weighted by atomic mass is 16.5.